The fourth-order valence-electron chi connectivity index (χ4n) is 3.68. The van der Waals surface area contributed by atoms with Crippen molar-refractivity contribution in [2.75, 3.05) is 6.61 Å². The molecule has 0 saturated heterocycles. The molecule has 148 valence electrons. The van der Waals surface area contributed by atoms with Crippen molar-refractivity contribution in [2.45, 2.75) is 58.8 Å². The Morgan fingerprint density at radius 1 is 0.964 bits per heavy atom. The van der Waals surface area contributed by atoms with E-state index in [2.05, 4.69) is 56.3 Å². The van der Waals surface area contributed by atoms with E-state index >= 15 is 0 Å². The second kappa shape index (κ2) is 10.3. The van der Waals surface area contributed by atoms with E-state index in [0.717, 1.165) is 42.8 Å². The first kappa shape index (κ1) is 20.4. The lowest BCUT2D eigenvalue weighted by Gasteiger charge is -2.19. The maximum absolute atomic E-state index is 12.2. The SMILES string of the molecule is CCCCCCOc1ccc(-c2ccc(/C=C3\CC[C@@H](C)CC3=O)cc2)cc1. The van der Waals surface area contributed by atoms with Gasteiger partial charge in [0.25, 0.3) is 0 Å². The molecule has 1 aliphatic carbocycles. The van der Waals surface area contributed by atoms with Crippen molar-refractivity contribution in [3.05, 3.63) is 59.7 Å². The van der Waals surface area contributed by atoms with E-state index in [1.54, 1.807) is 0 Å². The van der Waals surface area contributed by atoms with E-state index < -0.39 is 0 Å². The summed E-state index contributed by atoms with van der Waals surface area (Å²) in [5.74, 6) is 1.77. The summed E-state index contributed by atoms with van der Waals surface area (Å²) in [6, 6.07) is 16.8. The number of ketones is 1. The van der Waals surface area contributed by atoms with Gasteiger partial charge in [-0.1, -0.05) is 69.5 Å². The van der Waals surface area contributed by atoms with Gasteiger partial charge in [-0.2, -0.15) is 0 Å². The van der Waals surface area contributed by atoms with Crippen molar-refractivity contribution in [2.24, 2.45) is 5.92 Å². The summed E-state index contributed by atoms with van der Waals surface area (Å²) in [4.78, 5) is 12.2. The van der Waals surface area contributed by atoms with Crippen molar-refractivity contribution in [1.29, 1.82) is 0 Å². The molecule has 28 heavy (non-hydrogen) atoms. The predicted molar refractivity (Wildman–Crippen MR) is 118 cm³/mol. The maximum atomic E-state index is 12.2. The summed E-state index contributed by atoms with van der Waals surface area (Å²) >= 11 is 0. The Morgan fingerprint density at radius 2 is 1.64 bits per heavy atom. The Balaban J connectivity index is 1.58. The summed E-state index contributed by atoms with van der Waals surface area (Å²) < 4.78 is 5.83. The smallest absolute Gasteiger partial charge is 0.159 e. The molecule has 0 amide bonds. The van der Waals surface area contributed by atoms with Crippen LogP contribution < -0.4 is 4.74 Å². The van der Waals surface area contributed by atoms with Crippen LogP contribution in [0.4, 0.5) is 0 Å². The molecule has 0 spiro atoms. The minimum absolute atomic E-state index is 0.313. The largest absolute Gasteiger partial charge is 0.494 e. The summed E-state index contributed by atoms with van der Waals surface area (Å²) in [5.41, 5.74) is 4.44. The fraction of sp³-hybridized carbons (Fsp3) is 0.423. The third kappa shape index (κ3) is 5.82. The van der Waals surface area contributed by atoms with Crippen LogP contribution in [0.1, 0.15) is 64.4 Å². The normalized spacial score (nSPS) is 18.4. The van der Waals surface area contributed by atoms with E-state index in [1.165, 1.54) is 30.4 Å². The van der Waals surface area contributed by atoms with Crippen LogP contribution in [0, 0.1) is 5.92 Å². The standard InChI is InChI=1S/C26H32O2/c1-3-4-5-6-17-28-25-15-13-23(14-16-25)22-11-8-21(9-12-22)19-24-10-7-20(2)18-26(24)27/h8-9,11-16,19-20H,3-7,10,17-18H2,1-2H3/b24-19+/t20-/m1/s1. The second-order valence-electron chi connectivity index (χ2n) is 8.00. The van der Waals surface area contributed by atoms with Crippen LogP contribution in [0.3, 0.4) is 0 Å². The first-order valence-electron chi connectivity index (χ1n) is 10.7. The third-order valence-electron chi connectivity index (χ3n) is 5.50. The molecular formula is C26H32O2. The van der Waals surface area contributed by atoms with Gasteiger partial charge in [-0.25, -0.2) is 0 Å². The minimum atomic E-state index is 0.313. The van der Waals surface area contributed by atoms with Crippen LogP contribution in [-0.2, 0) is 4.79 Å². The average Bonchev–Trinajstić information content (AvgIpc) is 2.71. The lowest BCUT2D eigenvalue weighted by Crippen LogP contribution is -2.15. The Morgan fingerprint density at radius 3 is 2.29 bits per heavy atom. The number of hydrogen-bond acceptors (Lipinski definition) is 2. The van der Waals surface area contributed by atoms with Gasteiger partial charge in [0.05, 0.1) is 6.61 Å². The topological polar surface area (TPSA) is 26.3 Å². The van der Waals surface area contributed by atoms with Crippen LogP contribution >= 0.6 is 0 Å². The molecule has 2 nitrogen and oxygen atoms in total. The number of hydrogen-bond donors (Lipinski definition) is 0. The second-order valence-corrected chi connectivity index (χ2v) is 8.00. The molecule has 2 heteroatoms. The number of carbonyl (C=O) groups excluding carboxylic acids is 1. The van der Waals surface area contributed by atoms with E-state index in [0.29, 0.717) is 18.1 Å². The highest BCUT2D eigenvalue weighted by molar-refractivity contribution is 6.00. The molecule has 0 bridgehead atoms. The first-order chi connectivity index (χ1) is 13.7. The number of benzene rings is 2. The highest BCUT2D eigenvalue weighted by Crippen LogP contribution is 2.28. The molecule has 2 aromatic rings. The van der Waals surface area contributed by atoms with Crippen LogP contribution in [0.25, 0.3) is 17.2 Å². The van der Waals surface area contributed by atoms with Crippen molar-refractivity contribution >= 4 is 11.9 Å². The predicted octanol–water partition coefficient (Wildman–Crippen LogP) is 7.09. The highest BCUT2D eigenvalue weighted by Gasteiger charge is 2.20. The van der Waals surface area contributed by atoms with Gasteiger partial charge in [0.1, 0.15) is 5.75 Å². The van der Waals surface area contributed by atoms with Crippen molar-refractivity contribution in [3.63, 3.8) is 0 Å². The monoisotopic (exact) mass is 376 g/mol. The van der Waals surface area contributed by atoms with Crippen molar-refractivity contribution in [3.8, 4) is 16.9 Å². The minimum Gasteiger partial charge on any atom is -0.494 e. The summed E-state index contributed by atoms with van der Waals surface area (Å²) in [7, 11) is 0. The molecule has 0 radical (unpaired) electrons. The van der Waals surface area contributed by atoms with E-state index in [-0.39, 0.29) is 0 Å². The quantitative estimate of drug-likeness (QED) is 0.363. The molecule has 1 fully saturated rings. The van der Waals surface area contributed by atoms with Gasteiger partial charge in [-0.05, 0) is 65.7 Å². The summed E-state index contributed by atoms with van der Waals surface area (Å²) in [5, 5.41) is 0. The number of ether oxygens (including phenoxy) is 1. The number of unbranched alkanes of at least 4 members (excludes halogenated alkanes) is 3. The zero-order valence-corrected chi connectivity index (χ0v) is 17.2. The lowest BCUT2D eigenvalue weighted by molar-refractivity contribution is -0.117. The van der Waals surface area contributed by atoms with Crippen LogP contribution in [0.5, 0.6) is 5.75 Å². The van der Waals surface area contributed by atoms with E-state index in [9.17, 15) is 4.79 Å². The summed E-state index contributed by atoms with van der Waals surface area (Å²) in [6.45, 7) is 5.17. The lowest BCUT2D eigenvalue weighted by atomic mass is 9.85. The molecule has 0 N–H and O–H groups in total. The van der Waals surface area contributed by atoms with Gasteiger partial charge in [0, 0.05) is 6.42 Å². The van der Waals surface area contributed by atoms with Gasteiger partial charge in [-0.15, -0.1) is 0 Å². The average molecular weight is 377 g/mol. The summed E-state index contributed by atoms with van der Waals surface area (Å²) in [6.07, 6.45) is 9.66. The molecule has 0 unspecified atom stereocenters. The highest BCUT2D eigenvalue weighted by atomic mass is 16.5. The molecule has 2 aromatic carbocycles. The van der Waals surface area contributed by atoms with Crippen molar-refractivity contribution < 1.29 is 9.53 Å². The van der Waals surface area contributed by atoms with Gasteiger partial charge < -0.3 is 4.74 Å². The molecule has 1 saturated carbocycles. The van der Waals surface area contributed by atoms with Gasteiger partial charge in [-0.3, -0.25) is 4.79 Å². The Bertz CT molecular complexity index is 784. The number of rotatable bonds is 8. The Hall–Kier alpha value is -2.35. The zero-order valence-electron chi connectivity index (χ0n) is 17.2. The van der Waals surface area contributed by atoms with E-state index in [1.807, 2.05) is 12.1 Å². The fourth-order valence-corrected chi connectivity index (χ4v) is 3.68. The van der Waals surface area contributed by atoms with Crippen LogP contribution in [-0.4, -0.2) is 12.4 Å². The van der Waals surface area contributed by atoms with Gasteiger partial charge in [0.2, 0.25) is 0 Å². The molecule has 0 aromatic heterocycles. The zero-order chi connectivity index (χ0) is 19.8. The van der Waals surface area contributed by atoms with E-state index in [4.69, 9.17) is 4.74 Å². The third-order valence-corrected chi connectivity index (χ3v) is 5.50. The number of allylic oxidation sites excluding steroid dienone is 1. The van der Waals surface area contributed by atoms with Crippen LogP contribution in [0.2, 0.25) is 0 Å². The number of carbonyl (C=O) groups is 1. The molecule has 3 rings (SSSR count). The first-order valence-corrected chi connectivity index (χ1v) is 10.7. The van der Waals surface area contributed by atoms with Crippen LogP contribution in [0.15, 0.2) is 54.1 Å². The molecular weight excluding hydrogens is 344 g/mol. The Labute approximate surface area is 169 Å². The maximum Gasteiger partial charge on any atom is 0.159 e. The molecule has 1 aliphatic rings. The molecule has 1 atom stereocenters. The van der Waals surface area contributed by atoms with Crippen molar-refractivity contribution in [1.82, 2.24) is 0 Å². The van der Waals surface area contributed by atoms with Gasteiger partial charge in [0.15, 0.2) is 5.78 Å². The number of Topliss-reactive ketones (excluding diaryl/α,β-unsaturated/α-hetero) is 1. The molecule has 0 heterocycles. The Kier molecular flexibility index (Phi) is 7.47. The molecule has 0 aliphatic heterocycles. The van der Waals surface area contributed by atoms with Gasteiger partial charge >= 0.3 is 0 Å².